The van der Waals surface area contributed by atoms with E-state index in [9.17, 15) is 19.5 Å². The Labute approximate surface area is 303 Å². The standard InChI is InChI=1S/C41H44N4O7/c1-50-29-16-11-15-28(20-29)42-33-17-10-5-3-4-9-14-27-24-41(27,40(48)49)44-38(46)36-22-31(25-45(36)39(33)47)52-37-23-34(26-12-7-6-8-13-26)43-35-21-30(51-2)18-19-32(35)37/h6-9,11-16,18-21,23,27,31,33,36,42H,3-5,10,17,22,24-25H2,1-2H3,(H,44,46)(H,48,49)/b14-9-/t27-,31+,33-,36-,41+/m0/s1. The monoisotopic (exact) mass is 704 g/mol. The summed E-state index contributed by atoms with van der Waals surface area (Å²) in [6.45, 7) is 0.136. The van der Waals surface area contributed by atoms with Gasteiger partial charge in [0.2, 0.25) is 11.8 Å². The van der Waals surface area contributed by atoms with Gasteiger partial charge in [0.05, 0.1) is 32.0 Å². The zero-order valence-electron chi connectivity index (χ0n) is 29.4. The number of carboxylic acids is 1. The Morgan fingerprint density at radius 3 is 2.56 bits per heavy atom. The maximum Gasteiger partial charge on any atom is 0.330 e. The lowest BCUT2D eigenvalue weighted by Gasteiger charge is -2.30. The molecule has 3 N–H and O–H groups in total. The first-order chi connectivity index (χ1) is 25.3. The van der Waals surface area contributed by atoms with Crippen molar-refractivity contribution in [1.82, 2.24) is 15.2 Å². The molecular formula is C41H44N4O7. The van der Waals surface area contributed by atoms with E-state index in [4.69, 9.17) is 19.2 Å². The van der Waals surface area contributed by atoms with Crippen molar-refractivity contribution in [3.63, 3.8) is 0 Å². The number of aromatic nitrogens is 1. The molecular weight excluding hydrogens is 660 g/mol. The van der Waals surface area contributed by atoms with E-state index >= 15 is 0 Å². The fraction of sp³-hybridized carbons (Fsp3) is 0.366. The zero-order valence-corrected chi connectivity index (χ0v) is 29.4. The number of carbonyl (C=O) groups excluding carboxylic acids is 2. The van der Waals surface area contributed by atoms with Gasteiger partial charge in [0.1, 0.15) is 41.0 Å². The molecule has 2 amide bonds. The van der Waals surface area contributed by atoms with E-state index in [1.807, 2.05) is 91.0 Å². The predicted octanol–water partition coefficient (Wildman–Crippen LogP) is 6.23. The Morgan fingerprint density at radius 1 is 0.962 bits per heavy atom. The van der Waals surface area contributed by atoms with E-state index in [1.165, 1.54) is 0 Å². The van der Waals surface area contributed by atoms with Crippen LogP contribution in [0.5, 0.6) is 17.2 Å². The van der Waals surface area contributed by atoms with Gasteiger partial charge in [-0.3, -0.25) is 9.59 Å². The lowest BCUT2D eigenvalue weighted by Crippen LogP contribution is -2.55. The van der Waals surface area contributed by atoms with Crippen LogP contribution in [0.4, 0.5) is 5.69 Å². The van der Waals surface area contributed by atoms with Crippen LogP contribution >= 0.6 is 0 Å². The summed E-state index contributed by atoms with van der Waals surface area (Å²) in [6, 6.07) is 23.1. The predicted molar refractivity (Wildman–Crippen MR) is 198 cm³/mol. The Balaban J connectivity index is 1.23. The maximum atomic E-state index is 14.6. The number of fused-ring (bicyclic) bond motifs is 3. The lowest BCUT2D eigenvalue weighted by molar-refractivity contribution is -0.145. The topological polar surface area (TPSA) is 139 Å². The van der Waals surface area contributed by atoms with Crippen LogP contribution in [0.1, 0.15) is 44.9 Å². The molecule has 0 spiro atoms. The first kappa shape index (κ1) is 34.9. The lowest BCUT2D eigenvalue weighted by atomic mass is 10.0. The molecule has 1 aromatic heterocycles. The molecule has 7 rings (SSSR count). The third-order valence-corrected chi connectivity index (χ3v) is 10.4. The quantitative estimate of drug-likeness (QED) is 0.182. The molecule has 3 aromatic carbocycles. The summed E-state index contributed by atoms with van der Waals surface area (Å²) < 4.78 is 17.7. The number of pyridine rings is 1. The van der Waals surface area contributed by atoms with Crippen molar-refractivity contribution in [1.29, 1.82) is 0 Å². The summed E-state index contributed by atoms with van der Waals surface area (Å²) >= 11 is 0. The van der Waals surface area contributed by atoms with E-state index in [0.29, 0.717) is 41.3 Å². The second-order valence-corrected chi connectivity index (χ2v) is 13.8. The van der Waals surface area contributed by atoms with Gasteiger partial charge in [0, 0.05) is 47.2 Å². The molecule has 4 aromatic rings. The fourth-order valence-electron chi connectivity index (χ4n) is 7.40. The molecule has 270 valence electrons. The van der Waals surface area contributed by atoms with Crippen LogP contribution in [-0.4, -0.2) is 77.3 Å². The molecule has 0 radical (unpaired) electrons. The van der Waals surface area contributed by atoms with Crippen molar-refractivity contribution in [2.24, 2.45) is 5.92 Å². The Hall–Kier alpha value is -5.58. The minimum Gasteiger partial charge on any atom is -0.497 e. The summed E-state index contributed by atoms with van der Waals surface area (Å²) in [5.41, 5.74) is 1.62. The number of allylic oxidation sites excluding steroid dienone is 1. The third-order valence-electron chi connectivity index (χ3n) is 10.4. The second kappa shape index (κ2) is 15.0. The SMILES string of the molecule is COc1cccc(N[C@H]2CCCCC/C=C\[C@H]3C[C@@]3(C(=O)O)NC(=O)[C@@H]3C[C@@H](Oc4cc(-c5ccccc5)nc5cc(OC)ccc45)CN3C2=O)c1. The van der Waals surface area contributed by atoms with Crippen molar-refractivity contribution in [2.75, 3.05) is 26.1 Å². The molecule has 11 heteroatoms. The molecule has 3 aliphatic rings. The molecule has 11 nitrogen and oxygen atoms in total. The summed E-state index contributed by atoms with van der Waals surface area (Å²) in [6.07, 6.45) is 7.81. The average molecular weight is 705 g/mol. The minimum atomic E-state index is -1.40. The van der Waals surface area contributed by atoms with Crippen LogP contribution in [0.2, 0.25) is 0 Å². The van der Waals surface area contributed by atoms with Crippen LogP contribution in [0.25, 0.3) is 22.2 Å². The van der Waals surface area contributed by atoms with E-state index in [-0.39, 0.29) is 24.8 Å². The zero-order chi connectivity index (χ0) is 36.2. The summed E-state index contributed by atoms with van der Waals surface area (Å²) in [4.78, 5) is 47.9. The molecule has 0 unspecified atom stereocenters. The van der Waals surface area contributed by atoms with Gasteiger partial charge in [-0.1, -0.05) is 61.4 Å². The van der Waals surface area contributed by atoms with Gasteiger partial charge in [0.15, 0.2) is 0 Å². The van der Waals surface area contributed by atoms with Crippen molar-refractivity contribution in [2.45, 2.75) is 68.7 Å². The van der Waals surface area contributed by atoms with Crippen molar-refractivity contribution < 1.29 is 33.7 Å². The molecule has 52 heavy (non-hydrogen) atoms. The summed E-state index contributed by atoms with van der Waals surface area (Å²) in [7, 11) is 3.20. The van der Waals surface area contributed by atoms with Gasteiger partial charge >= 0.3 is 5.97 Å². The number of hydrogen-bond donors (Lipinski definition) is 3. The minimum absolute atomic E-state index is 0.136. The van der Waals surface area contributed by atoms with Crippen LogP contribution < -0.4 is 24.8 Å². The highest BCUT2D eigenvalue weighted by Crippen LogP contribution is 2.45. The second-order valence-electron chi connectivity index (χ2n) is 13.8. The number of rotatable bonds is 8. The molecule has 5 atom stereocenters. The molecule has 3 heterocycles. The largest absolute Gasteiger partial charge is 0.497 e. The van der Waals surface area contributed by atoms with Crippen molar-refractivity contribution in [3.8, 4) is 28.5 Å². The van der Waals surface area contributed by atoms with Gasteiger partial charge < -0.3 is 34.9 Å². The van der Waals surface area contributed by atoms with Crippen LogP contribution in [0, 0.1) is 5.92 Å². The van der Waals surface area contributed by atoms with Crippen molar-refractivity contribution >= 4 is 34.4 Å². The Morgan fingerprint density at radius 2 is 1.77 bits per heavy atom. The first-order valence-electron chi connectivity index (χ1n) is 17.9. The Bertz CT molecular complexity index is 1980. The third kappa shape index (κ3) is 7.26. The molecule has 0 bridgehead atoms. The normalized spacial score (nSPS) is 25.5. The molecule has 1 saturated heterocycles. The number of methoxy groups -OCH3 is 2. The van der Waals surface area contributed by atoms with Crippen LogP contribution in [0.15, 0.2) is 91.0 Å². The van der Waals surface area contributed by atoms with Crippen LogP contribution in [0.3, 0.4) is 0 Å². The van der Waals surface area contributed by atoms with Crippen LogP contribution in [-0.2, 0) is 14.4 Å². The molecule has 2 aliphatic heterocycles. The van der Waals surface area contributed by atoms with Gasteiger partial charge in [0.25, 0.3) is 0 Å². The van der Waals surface area contributed by atoms with Gasteiger partial charge in [-0.25, -0.2) is 9.78 Å². The number of nitrogens with zero attached hydrogens (tertiary/aromatic N) is 2. The molecule has 1 saturated carbocycles. The maximum absolute atomic E-state index is 14.6. The van der Waals surface area contributed by atoms with E-state index in [0.717, 1.165) is 42.3 Å². The smallest absolute Gasteiger partial charge is 0.330 e. The molecule has 2 fully saturated rings. The number of hydrogen-bond acceptors (Lipinski definition) is 8. The number of carboxylic acid groups (broad SMARTS) is 1. The van der Waals surface area contributed by atoms with E-state index in [1.54, 1.807) is 19.1 Å². The highest BCUT2D eigenvalue weighted by atomic mass is 16.5. The average Bonchev–Trinajstić information content (AvgIpc) is 3.70. The Kier molecular flexibility index (Phi) is 10.0. The van der Waals surface area contributed by atoms with Crippen molar-refractivity contribution in [3.05, 3.63) is 91.0 Å². The van der Waals surface area contributed by atoms with Gasteiger partial charge in [-0.05, 0) is 49.9 Å². The van der Waals surface area contributed by atoms with E-state index < -0.39 is 35.6 Å². The number of nitrogens with one attached hydrogen (secondary N) is 2. The number of aliphatic carboxylic acids is 1. The van der Waals surface area contributed by atoms with E-state index in [2.05, 4.69) is 10.6 Å². The number of anilines is 1. The summed E-state index contributed by atoms with van der Waals surface area (Å²) in [5.74, 6) is -0.254. The first-order valence-corrected chi connectivity index (χ1v) is 17.9. The molecule has 1 aliphatic carbocycles. The van der Waals surface area contributed by atoms with Gasteiger partial charge in [-0.15, -0.1) is 0 Å². The van der Waals surface area contributed by atoms with Gasteiger partial charge in [-0.2, -0.15) is 0 Å². The highest BCUT2D eigenvalue weighted by Gasteiger charge is 2.61. The highest BCUT2D eigenvalue weighted by molar-refractivity contribution is 5.96. The fourth-order valence-corrected chi connectivity index (χ4v) is 7.40. The summed E-state index contributed by atoms with van der Waals surface area (Å²) in [5, 5.41) is 17.3. The number of carbonyl (C=O) groups is 3. The number of amides is 2. The number of benzene rings is 3. The number of ether oxygens (including phenoxy) is 3.